The van der Waals surface area contributed by atoms with Crippen molar-refractivity contribution in [3.05, 3.63) is 29.8 Å². The number of phenols is 1. The van der Waals surface area contributed by atoms with E-state index in [1.807, 2.05) is 17.9 Å². The van der Waals surface area contributed by atoms with Crippen molar-refractivity contribution in [2.75, 3.05) is 26.2 Å². The van der Waals surface area contributed by atoms with Gasteiger partial charge in [0.2, 0.25) is 0 Å². The van der Waals surface area contributed by atoms with E-state index in [-0.39, 0.29) is 17.8 Å². The fourth-order valence-electron chi connectivity index (χ4n) is 3.38. The van der Waals surface area contributed by atoms with Gasteiger partial charge in [0.25, 0.3) is 0 Å². The molecule has 2 atom stereocenters. The van der Waals surface area contributed by atoms with Crippen LogP contribution in [0.3, 0.4) is 0 Å². The van der Waals surface area contributed by atoms with Gasteiger partial charge in [0, 0.05) is 32.2 Å². The minimum atomic E-state index is -0.118. The Morgan fingerprint density at radius 1 is 1.30 bits per heavy atom. The van der Waals surface area contributed by atoms with Gasteiger partial charge in [-0.05, 0) is 43.4 Å². The molecule has 2 aliphatic rings. The summed E-state index contributed by atoms with van der Waals surface area (Å²) in [6, 6.07) is 7.69. The summed E-state index contributed by atoms with van der Waals surface area (Å²) >= 11 is 0. The lowest BCUT2D eigenvalue weighted by Crippen LogP contribution is -2.43. The van der Waals surface area contributed by atoms with Crippen molar-refractivity contribution in [2.24, 2.45) is 5.92 Å². The maximum Gasteiger partial charge on any atom is 0.317 e. The van der Waals surface area contributed by atoms with E-state index in [1.165, 1.54) is 12.8 Å². The first kappa shape index (κ1) is 16.1. The Morgan fingerprint density at radius 3 is 2.78 bits per heavy atom. The van der Waals surface area contributed by atoms with Crippen molar-refractivity contribution in [1.29, 1.82) is 0 Å². The van der Waals surface area contributed by atoms with Crippen LogP contribution in [0.15, 0.2) is 24.3 Å². The number of amides is 2. The average Bonchev–Trinajstić information content (AvgIpc) is 3.33. The zero-order chi connectivity index (χ0) is 16.4. The van der Waals surface area contributed by atoms with Crippen LogP contribution >= 0.6 is 0 Å². The smallest absolute Gasteiger partial charge is 0.317 e. The van der Waals surface area contributed by atoms with E-state index in [9.17, 15) is 9.90 Å². The van der Waals surface area contributed by atoms with Gasteiger partial charge < -0.3 is 15.3 Å². The predicted molar refractivity (Wildman–Crippen MR) is 90.4 cm³/mol. The number of urea groups is 1. The normalized spacial score (nSPS) is 24.1. The summed E-state index contributed by atoms with van der Waals surface area (Å²) in [7, 11) is 0. The largest absolute Gasteiger partial charge is 0.508 e. The summed E-state index contributed by atoms with van der Waals surface area (Å²) in [4.78, 5) is 17.1. The first-order valence-electron chi connectivity index (χ1n) is 8.61. The molecule has 23 heavy (non-hydrogen) atoms. The van der Waals surface area contributed by atoms with Crippen LogP contribution in [-0.2, 0) is 0 Å². The van der Waals surface area contributed by atoms with E-state index in [2.05, 4.69) is 17.1 Å². The maximum atomic E-state index is 12.6. The number of hydrogen-bond donors (Lipinski definition) is 2. The van der Waals surface area contributed by atoms with E-state index in [0.717, 1.165) is 37.8 Å². The number of carbonyl (C=O) groups is 1. The van der Waals surface area contributed by atoms with Crippen LogP contribution in [0, 0.1) is 5.92 Å². The highest BCUT2D eigenvalue weighted by Gasteiger charge is 2.33. The zero-order valence-electron chi connectivity index (χ0n) is 14.0. The fourth-order valence-corrected chi connectivity index (χ4v) is 3.38. The number of aromatic hydroxyl groups is 1. The van der Waals surface area contributed by atoms with Crippen molar-refractivity contribution >= 4 is 6.03 Å². The molecule has 2 fully saturated rings. The van der Waals surface area contributed by atoms with Crippen LogP contribution in [-0.4, -0.2) is 53.2 Å². The maximum absolute atomic E-state index is 12.6. The Morgan fingerprint density at radius 2 is 2.09 bits per heavy atom. The van der Waals surface area contributed by atoms with Gasteiger partial charge in [-0.15, -0.1) is 0 Å². The zero-order valence-corrected chi connectivity index (χ0v) is 14.0. The topological polar surface area (TPSA) is 55.8 Å². The highest BCUT2D eigenvalue weighted by atomic mass is 16.3. The molecule has 0 bridgehead atoms. The van der Waals surface area contributed by atoms with Gasteiger partial charge >= 0.3 is 6.03 Å². The summed E-state index contributed by atoms with van der Waals surface area (Å²) in [6.07, 6.45) is 2.63. The van der Waals surface area contributed by atoms with Gasteiger partial charge in [-0.3, -0.25) is 4.90 Å². The minimum Gasteiger partial charge on any atom is -0.508 e. The molecule has 0 spiro atoms. The standard InChI is InChI=1S/C18H27N3O2/c1-13-11-20(16-6-7-16)8-9-21(12-13)18(23)19-14(2)15-4-3-5-17(22)10-15/h3-5,10,13-14,16,22H,6-9,11-12H2,1-2H3,(H,19,23). The third kappa shape index (κ3) is 4.16. The molecule has 1 aromatic rings. The van der Waals surface area contributed by atoms with Gasteiger partial charge in [0.1, 0.15) is 5.75 Å². The van der Waals surface area contributed by atoms with Crippen molar-refractivity contribution in [2.45, 2.75) is 38.8 Å². The molecule has 3 rings (SSSR count). The molecular formula is C18H27N3O2. The first-order valence-corrected chi connectivity index (χ1v) is 8.61. The fraction of sp³-hybridized carbons (Fsp3) is 0.611. The Labute approximate surface area is 138 Å². The van der Waals surface area contributed by atoms with Gasteiger partial charge in [-0.1, -0.05) is 19.1 Å². The summed E-state index contributed by atoms with van der Waals surface area (Å²) < 4.78 is 0. The monoisotopic (exact) mass is 317 g/mol. The van der Waals surface area contributed by atoms with E-state index < -0.39 is 0 Å². The number of rotatable bonds is 3. The van der Waals surface area contributed by atoms with Crippen LogP contribution in [0.5, 0.6) is 5.75 Å². The van der Waals surface area contributed by atoms with Crippen LogP contribution in [0.25, 0.3) is 0 Å². The highest BCUT2D eigenvalue weighted by Crippen LogP contribution is 2.28. The predicted octanol–water partition coefficient (Wildman–Crippen LogP) is 2.58. The molecule has 1 saturated heterocycles. The molecule has 2 amide bonds. The first-order chi connectivity index (χ1) is 11.0. The van der Waals surface area contributed by atoms with Gasteiger partial charge in [-0.2, -0.15) is 0 Å². The average molecular weight is 317 g/mol. The van der Waals surface area contributed by atoms with Crippen molar-refractivity contribution < 1.29 is 9.90 Å². The highest BCUT2D eigenvalue weighted by molar-refractivity contribution is 5.74. The Hall–Kier alpha value is -1.75. The third-order valence-electron chi connectivity index (χ3n) is 4.80. The van der Waals surface area contributed by atoms with Gasteiger partial charge in [0.05, 0.1) is 6.04 Å². The number of benzene rings is 1. The van der Waals surface area contributed by atoms with E-state index >= 15 is 0 Å². The van der Waals surface area contributed by atoms with Crippen LogP contribution < -0.4 is 5.32 Å². The van der Waals surface area contributed by atoms with Crippen LogP contribution in [0.4, 0.5) is 4.79 Å². The molecule has 5 nitrogen and oxygen atoms in total. The van der Waals surface area contributed by atoms with E-state index in [1.54, 1.807) is 18.2 Å². The Kier molecular flexibility index (Phi) is 4.76. The Balaban J connectivity index is 1.58. The number of hydrogen-bond acceptors (Lipinski definition) is 3. The van der Waals surface area contributed by atoms with Crippen molar-refractivity contribution in [3.63, 3.8) is 0 Å². The third-order valence-corrected chi connectivity index (χ3v) is 4.80. The molecule has 2 N–H and O–H groups in total. The van der Waals surface area contributed by atoms with Gasteiger partial charge in [0.15, 0.2) is 0 Å². The molecule has 2 unspecified atom stereocenters. The SMILES string of the molecule is CC1CN(C(=O)NC(C)c2cccc(O)c2)CCN(C2CC2)C1. The molecule has 1 saturated carbocycles. The van der Waals surface area contributed by atoms with Crippen LogP contribution in [0.1, 0.15) is 38.3 Å². The number of phenolic OH excluding ortho intramolecular Hbond substituents is 1. The molecule has 1 aliphatic heterocycles. The molecule has 1 aromatic carbocycles. The molecule has 126 valence electrons. The second-order valence-electron chi connectivity index (χ2n) is 7.04. The molecule has 0 aromatic heterocycles. The second kappa shape index (κ2) is 6.79. The molecule has 0 radical (unpaired) electrons. The quantitative estimate of drug-likeness (QED) is 0.901. The summed E-state index contributed by atoms with van der Waals surface area (Å²) in [5.41, 5.74) is 0.917. The van der Waals surface area contributed by atoms with Crippen molar-refractivity contribution in [1.82, 2.24) is 15.1 Å². The number of carbonyl (C=O) groups excluding carboxylic acids is 1. The summed E-state index contributed by atoms with van der Waals surface area (Å²) in [5.74, 6) is 0.729. The Bertz CT molecular complexity index is 559. The van der Waals surface area contributed by atoms with Crippen LogP contribution in [0.2, 0.25) is 0 Å². The summed E-state index contributed by atoms with van der Waals surface area (Å²) in [6.45, 7) is 7.84. The van der Waals surface area contributed by atoms with Crippen molar-refractivity contribution in [3.8, 4) is 5.75 Å². The lowest BCUT2D eigenvalue weighted by atomic mass is 10.1. The molecular weight excluding hydrogens is 290 g/mol. The molecule has 1 aliphatic carbocycles. The lowest BCUT2D eigenvalue weighted by molar-refractivity contribution is 0.192. The number of nitrogens with zero attached hydrogens (tertiary/aromatic N) is 2. The lowest BCUT2D eigenvalue weighted by Gasteiger charge is -2.25. The molecule has 5 heteroatoms. The van der Waals surface area contributed by atoms with E-state index in [0.29, 0.717) is 5.92 Å². The van der Waals surface area contributed by atoms with Gasteiger partial charge in [-0.25, -0.2) is 4.79 Å². The number of nitrogens with one attached hydrogen (secondary N) is 1. The summed E-state index contributed by atoms with van der Waals surface area (Å²) in [5, 5.41) is 12.6. The molecule has 1 heterocycles. The minimum absolute atomic E-state index is 0.00894. The second-order valence-corrected chi connectivity index (χ2v) is 7.04. The van der Waals surface area contributed by atoms with E-state index in [4.69, 9.17) is 0 Å².